The van der Waals surface area contributed by atoms with Crippen molar-refractivity contribution < 1.29 is 4.79 Å². The van der Waals surface area contributed by atoms with Crippen LogP contribution in [-0.4, -0.2) is 34.0 Å². The second-order valence-electron chi connectivity index (χ2n) is 6.30. The third-order valence-electron chi connectivity index (χ3n) is 3.87. The van der Waals surface area contributed by atoms with Gasteiger partial charge >= 0.3 is 0 Å². The zero-order chi connectivity index (χ0) is 14.8. The Morgan fingerprint density at radius 2 is 2.35 bits per heavy atom. The highest BCUT2D eigenvalue weighted by Crippen LogP contribution is 2.27. The summed E-state index contributed by atoms with van der Waals surface area (Å²) in [5.41, 5.74) is 0.764. The van der Waals surface area contributed by atoms with Crippen LogP contribution in [0, 0.1) is 12.3 Å². The first kappa shape index (κ1) is 15.4. The molecule has 112 valence electrons. The lowest BCUT2D eigenvalue weighted by molar-refractivity contribution is -0.128. The molecule has 0 saturated heterocycles. The van der Waals surface area contributed by atoms with Gasteiger partial charge in [-0.05, 0) is 26.0 Å². The Labute approximate surface area is 125 Å². The topological polar surface area (TPSA) is 46.9 Å². The van der Waals surface area contributed by atoms with Crippen molar-refractivity contribution in [3.05, 3.63) is 17.7 Å². The number of aromatic nitrogens is 2. The number of rotatable bonds is 5. The Kier molecular flexibility index (Phi) is 4.78. The summed E-state index contributed by atoms with van der Waals surface area (Å²) in [5, 5.41) is 3.12. The number of nitrogens with one attached hydrogen (secondary N) is 1. The lowest BCUT2D eigenvalue weighted by Gasteiger charge is -2.27. The minimum Gasteiger partial charge on any atom is -0.355 e. The molecule has 4 nitrogen and oxygen atoms in total. The van der Waals surface area contributed by atoms with Crippen molar-refractivity contribution in [2.45, 2.75) is 46.1 Å². The van der Waals surface area contributed by atoms with E-state index in [4.69, 9.17) is 0 Å². The first-order valence-electron chi connectivity index (χ1n) is 7.25. The van der Waals surface area contributed by atoms with Crippen molar-refractivity contribution in [1.82, 2.24) is 14.9 Å². The Morgan fingerprint density at radius 3 is 3.05 bits per heavy atom. The first-order valence-corrected chi connectivity index (χ1v) is 8.64. The maximum atomic E-state index is 12.3. The summed E-state index contributed by atoms with van der Waals surface area (Å²) in [4.78, 5) is 16.9. The first-order chi connectivity index (χ1) is 9.44. The van der Waals surface area contributed by atoms with Gasteiger partial charge in [0.2, 0.25) is 5.91 Å². The fraction of sp³-hybridized carbons (Fsp3) is 0.733. The maximum Gasteiger partial charge on any atom is 0.226 e. The van der Waals surface area contributed by atoms with E-state index < -0.39 is 0 Å². The van der Waals surface area contributed by atoms with Crippen LogP contribution in [0.25, 0.3) is 0 Å². The molecule has 5 heteroatoms. The minimum atomic E-state index is -0.306. The number of thioether (sulfide) groups is 1. The molecule has 1 amide bonds. The van der Waals surface area contributed by atoms with E-state index in [-0.39, 0.29) is 11.3 Å². The molecule has 2 heterocycles. The van der Waals surface area contributed by atoms with Gasteiger partial charge < -0.3 is 9.88 Å². The van der Waals surface area contributed by atoms with Crippen molar-refractivity contribution in [3.8, 4) is 0 Å². The van der Waals surface area contributed by atoms with Gasteiger partial charge in [-0.25, -0.2) is 4.98 Å². The molecule has 0 aromatic carbocycles. The molecule has 0 radical (unpaired) electrons. The average Bonchev–Trinajstić information content (AvgIpc) is 2.76. The SMILES string of the molecule is CSCC(C)(C)C(=O)NCC1CCCn2cc(C)nc21. The summed E-state index contributed by atoms with van der Waals surface area (Å²) in [6.07, 6.45) is 6.42. The van der Waals surface area contributed by atoms with E-state index >= 15 is 0 Å². The van der Waals surface area contributed by atoms with Gasteiger partial charge in [0.25, 0.3) is 0 Å². The summed E-state index contributed by atoms with van der Waals surface area (Å²) >= 11 is 1.71. The second-order valence-corrected chi connectivity index (χ2v) is 7.17. The lowest BCUT2D eigenvalue weighted by Crippen LogP contribution is -2.41. The molecule has 0 fully saturated rings. The van der Waals surface area contributed by atoms with E-state index in [1.807, 2.05) is 27.0 Å². The van der Waals surface area contributed by atoms with E-state index in [9.17, 15) is 4.79 Å². The van der Waals surface area contributed by atoms with Crippen molar-refractivity contribution >= 4 is 17.7 Å². The molecule has 1 aliphatic heterocycles. The van der Waals surface area contributed by atoms with Crippen molar-refractivity contribution in [1.29, 1.82) is 0 Å². The van der Waals surface area contributed by atoms with Crippen LogP contribution in [0.3, 0.4) is 0 Å². The molecular weight excluding hydrogens is 270 g/mol. The number of amides is 1. The van der Waals surface area contributed by atoms with Crippen LogP contribution in [0.4, 0.5) is 0 Å². The van der Waals surface area contributed by atoms with Gasteiger partial charge in [0.1, 0.15) is 5.82 Å². The fourth-order valence-corrected chi connectivity index (χ4v) is 3.64. The predicted octanol–water partition coefficient (Wildman–Crippen LogP) is 2.57. The number of hydrogen-bond donors (Lipinski definition) is 1. The number of carbonyl (C=O) groups excluding carboxylic acids is 1. The number of imidazole rings is 1. The van der Waals surface area contributed by atoms with Gasteiger partial charge in [-0.1, -0.05) is 13.8 Å². The second kappa shape index (κ2) is 6.20. The van der Waals surface area contributed by atoms with Crippen LogP contribution in [0.2, 0.25) is 0 Å². The summed E-state index contributed by atoms with van der Waals surface area (Å²) < 4.78 is 2.24. The molecule has 0 spiro atoms. The van der Waals surface area contributed by atoms with Crippen LogP contribution < -0.4 is 5.32 Å². The lowest BCUT2D eigenvalue weighted by atomic mass is 9.94. The van der Waals surface area contributed by atoms with Gasteiger partial charge in [-0.3, -0.25) is 4.79 Å². The van der Waals surface area contributed by atoms with Crippen LogP contribution in [-0.2, 0) is 11.3 Å². The highest BCUT2D eigenvalue weighted by Gasteiger charge is 2.29. The van der Waals surface area contributed by atoms with Gasteiger partial charge in [0, 0.05) is 31.0 Å². The average molecular weight is 295 g/mol. The maximum absolute atomic E-state index is 12.3. The molecule has 1 aliphatic rings. The quantitative estimate of drug-likeness (QED) is 0.908. The molecule has 1 atom stereocenters. The van der Waals surface area contributed by atoms with Crippen molar-refractivity contribution in [2.75, 3.05) is 18.6 Å². The monoisotopic (exact) mass is 295 g/mol. The Balaban J connectivity index is 1.97. The zero-order valence-corrected chi connectivity index (χ0v) is 13.7. The van der Waals surface area contributed by atoms with Gasteiger partial charge in [0.05, 0.1) is 11.1 Å². The molecule has 2 rings (SSSR count). The van der Waals surface area contributed by atoms with Gasteiger partial charge in [-0.15, -0.1) is 0 Å². The number of fused-ring (bicyclic) bond motifs is 1. The van der Waals surface area contributed by atoms with Crippen LogP contribution in [0.15, 0.2) is 6.20 Å². The standard InChI is InChI=1S/C15H25N3OS/c1-11-9-18-7-5-6-12(13(18)17-11)8-16-14(19)15(2,3)10-20-4/h9,12H,5-8,10H2,1-4H3,(H,16,19). The number of carbonyl (C=O) groups is 1. The van der Waals surface area contributed by atoms with Gasteiger partial charge in [0.15, 0.2) is 0 Å². The molecule has 1 N–H and O–H groups in total. The molecular formula is C15H25N3OS. The molecule has 0 saturated carbocycles. The highest BCUT2D eigenvalue weighted by atomic mass is 32.2. The third-order valence-corrected chi connectivity index (χ3v) is 4.88. The Bertz CT molecular complexity index is 481. The summed E-state index contributed by atoms with van der Waals surface area (Å²) in [5.74, 6) is 2.48. The summed E-state index contributed by atoms with van der Waals surface area (Å²) in [7, 11) is 0. The van der Waals surface area contributed by atoms with E-state index in [1.54, 1.807) is 11.8 Å². The van der Waals surface area contributed by atoms with Gasteiger partial charge in [-0.2, -0.15) is 11.8 Å². The molecule has 1 aromatic rings. The largest absolute Gasteiger partial charge is 0.355 e. The third kappa shape index (κ3) is 3.37. The minimum absolute atomic E-state index is 0.146. The predicted molar refractivity (Wildman–Crippen MR) is 84.1 cm³/mol. The van der Waals surface area contributed by atoms with Crippen molar-refractivity contribution in [3.63, 3.8) is 0 Å². The highest BCUT2D eigenvalue weighted by molar-refractivity contribution is 7.98. The Morgan fingerprint density at radius 1 is 1.60 bits per heavy atom. The normalized spacial score (nSPS) is 18.7. The van der Waals surface area contributed by atoms with Crippen LogP contribution in [0.5, 0.6) is 0 Å². The van der Waals surface area contributed by atoms with E-state index in [1.165, 1.54) is 0 Å². The fourth-order valence-electron chi connectivity index (χ4n) is 2.78. The number of hydrogen-bond acceptors (Lipinski definition) is 3. The molecule has 0 aliphatic carbocycles. The van der Waals surface area contributed by atoms with Crippen LogP contribution in [0.1, 0.15) is 44.1 Å². The molecule has 20 heavy (non-hydrogen) atoms. The smallest absolute Gasteiger partial charge is 0.226 e. The molecule has 0 bridgehead atoms. The van der Waals surface area contributed by atoms with Crippen LogP contribution >= 0.6 is 11.8 Å². The molecule has 1 aromatic heterocycles. The number of aryl methyl sites for hydroxylation is 2. The summed E-state index contributed by atoms with van der Waals surface area (Å²) in [6, 6.07) is 0. The molecule has 1 unspecified atom stereocenters. The Hall–Kier alpha value is -0.970. The van der Waals surface area contributed by atoms with E-state index in [2.05, 4.69) is 21.1 Å². The van der Waals surface area contributed by atoms with Crippen molar-refractivity contribution in [2.24, 2.45) is 5.41 Å². The number of nitrogens with zero attached hydrogens (tertiary/aromatic N) is 2. The zero-order valence-electron chi connectivity index (χ0n) is 12.9. The van der Waals surface area contributed by atoms with E-state index in [0.717, 1.165) is 36.7 Å². The summed E-state index contributed by atoms with van der Waals surface area (Å²) in [6.45, 7) is 7.80. The van der Waals surface area contributed by atoms with E-state index in [0.29, 0.717) is 12.5 Å².